The Bertz CT molecular complexity index is 3860. The molecule has 0 spiro atoms. The zero-order valence-electron chi connectivity index (χ0n) is 49.7. The summed E-state index contributed by atoms with van der Waals surface area (Å²) in [6, 6.07) is 30.1. The fourth-order valence-electron chi connectivity index (χ4n) is 9.41. The van der Waals surface area contributed by atoms with E-state index in [1.54, 1.807) is 26.0 Å². The first-order valence-corrected chi connectivity index (χ1v) is 30.3. The number of hydrogen-bond donors (Lipinski definition) is 3. The van der Waals surface area contributed by atoms with Crippen LogP contribution < -0.4 is 0 Å². The second-order valence-electron chi connectivity index (χ2n) is 20.8. The summed E-state index contributed by atoms with van der Waals surface area (Å²) in [5.41, 5.74) is 19.1. The Balaban J connectivity index is 0.000000192. The van der Waals surface area contributed by atoms with Gasteiger partial charge in [0, 0.05) is 54.1 Å². The number of nitrogens with one attached hydrogen (secondary N) is 3. The molecule has 0 unspecified atom stereocenters. The van der Waals surface area contributed by atoms with E-state index in [0.717, 1.165) is 114 Å². The van der Waals surface area contributed by atoms with Crippen molar-refractivity contribution in [2.24, 2.45) is 0 Å². The molecule has 21 heteroatoms. The molecule has 0 atom stereocenters. The van der Waals surface area contributed by atoms with Crippen molar-refractivity contribution in [1.82, 2.24) is 61.9 Å². The van der Waals surface area contributed by atoms with Crippen LogP contribution in [0.3, 0.4) is 0 Å². The van der Waals surface area contributed by atoms with E-state index < -0.39 is 0 Å². The topological polar surface area (TPSA) is 235 Å². The fraction of sp³-hybridized carbons (Fsp3) is 0.273. The maximum atomic E-state index is 9.40. The summed E-state index contributed by atoms with van der Waals surface area (Å²) in [5, 5.41) is 74.5. The fourth-order valence-corrected chi connectivity index (χ4v) is 10.8. The van der Waals surface area contributed by atoms with Gasteiger partial charge < -0.3 is 0 Å². The third kappa shape index (κ3) is 16.9. The predicted octanol–water partition coefficient (Wildman–Crippen LogP) is 18.3. The number of aromatic amines is 3. The Morgan fingerprint density at radius 2 is 0.782 bits per heavy atom. The van der Waals surface area contributed by atoms with Crippen LogP contribution in [0.15, 0.2) is 91.0 Å². The van der Waals surface area contributed by atoms with Gasteiger partial charge in [0.2, 0.25) is 11.6 Å². The minimum Gasteiger partial charge on any atom is -0.198 e. The van der Waals surface area contributed by atoms with Crippen molar-refractivity contribution in [2.45, 2.75) is 120 Å². The molecule has 9 aromatic rings. The lowest BCUT2D eigenvalue weighted by Gasteiger charge is -2.15. The van der Waals surface area contributed by atoms with Gasteiger partial charge in [-0.25, -0.2) is 0 Å². The number of tetrazole rings is 3. The molecule has 444 valence electrons. The van der Waals surface area contributed by atoms with Gasteiger partial charge in [0.15, 0.2) is 5.82 Å². The Kier molecular flexibility index (Phi) is 24.1. The lowest BCUT2D eigenvalue weighted by atomic mass is 9.91. The zero-order valence-corrected chi connectivity index (χ0v) is 54.2. The summed E-state index contributed by atoms with van der Waals surface area (Å²) in [6.45, 7) is 18.0. The number of hydrogen-bond acceptors (Lipinski definition) is 12. The smallest absolute Gasteiger partial charge is 0.198 e. The van der Waals surface area contributed by atoms with E-state index >= 15 is 0 Å². The molecule has 0 fully saturated rings. The highest BCUT2D eigenvalue weighted by Gasteiger charge is 2.20. The van der Waals surface area contributed by atoms with Gasteiger partial charge >= 0.3 is 0 Å². The number of halogens is 6. The first kappa shape index (κ1) is 66.5. The molecule has 3 heterocycles. The number of unbranched alkanes of at least 4 members (excludes halogenated alkanes) is 5. The lowest BCUT2D eigenvalue weighted by molar-refractivity contribution is 0.789. The van der Waals surface area contributed by atoms with E-state index in [-0.39, 0.29) is 0 Å². The van der Waals surface area contributed by atoms with E-state index in [2.05, 4.69) is 151 Å². The van der Waals surface area contributed by atoms with Crippen molar-refractivity contribution in [3.8, 4) is 41.0 Å². The number of nitriles is 3. The van der Waals surface area contributed by atoms with Crippen molar-refractivity contribution in [3.05, 3.63) is 216 Å². The third-order valence-corrected chi connectivity index (χ3v) is 17.3. The number of nitrogens with zero attached hydrogens (tertiary/aromatic N) is 12. The van der Waals surface area contributed by atoms with Crippen molar-refractivity contribution in [3.63, 3.8) is 0 Å². The van der Waals surface area contributed by atoms with Crippen molar-refractivity contribution in [1.29, 1.82) is 15.8 Å². The first-order valence-electron chi connectivity index (χ1n) is 28.0. The van der Waals surface area contributed by atoms with Gasteiger partial charge in [-0.15, -0.1) is 30.6 Å². The van der Waals surface area contributed by atoms with Gasteiger partial charge in [-0.3, -0.25) is 0 Å². The second kappa shape index (κ2) is 31.6. The largest absolute Gasteiger partial charge is 0.205 e. The van der Waals surface area contributed by atoms with Crippen LogP contribution in [0.25, 0.3) is 39.5 Å². The molecule has 6 aromatic carbocycles. The molecule has 0 bridgehead atoms. The highest BCUT2D eigenvalue weighted by atomic mass is 35.5. The summed E-state index contributed by atoms with van der Waals surface area (Å²) in [5.74, 6) is 1.59. The molecular weight excluding hydrogens is 1220 g/mol. The van der Waals surface area contributed by atoms with Crippen LogP contribution in [0.5, 0.6) is 0 Å². The maximum Gasteiger partial charge on any atom is 0.205 e. The van der Waals surface area contributed by atoms with Gasteiger partial charge in [-0.2, -0.15) is 31.4 Å². The second-order valence-corrected chi connectivity index (χ2v) is 23.2. The molecular formula is C66H63Cl6N15. The standard InChI is InChI=1S/C22H20Cl2N12.C22H17Cl2N3.C22H26Cl2/c1-11-16(21-27-33-34-28-21)7-13(9-18(11)23)15(5-3-4-6-20-25-31-32-26-20)14-8-17(12(2)19(24)10-14)22-29-35-36-30-22;1-14-18(12-26)8-16(10-21(14)23)20(6-4-3-5-7-25)17-9-19(13-27)15(2)22(24)11-17;1-6-7-8-9-20(18-10-14(2)16(4)21(23)12-18)19-11-15(3)17(5)22(24)13-19/h5,7-10H,3-4,6H2,1-2H3,(H,25,26,31,32)(H,27,28,33,34)(H,29,30,35,36);6,8-11H,3-5H2,1-2H3;9-13H,6-8H2,1-5H3. The molecule has 0 aliphatic heterocycles. The SMILES string of the molecule is CCCCC=C(c1cc(C)c(C)c(Cl)c1)c1cc(C)c(C)c(Cl)c1.Cc1c(Cl)cc(C(=CCCCC#N)c2cc(Cl)c(C)c(C#N)c2)cc1C#N.Cc1c(Cl)cc(C(=CCCCc2nn[nH]n2)c2cc(Cl)c(C)c(-c3nn[nH]n3)c2)cc1-c1nn[nH]n1. The van der Waals surface area contributed by atoms with Crippen molar-refractivity contribution < 1.29 is 0 Å². The maximum absolute atomic E-state index is 9.40. The molecule has 0 aliphatic rings. The predicted molar refractivity (Wildman–Crippen MR) is 350 cm³/mol. The summed E-state index contributed by atoms with van der Waals surface area (Å²) >= 11 is 38.9. The monoisotopic (exact) mass is 1280 g/mol. The number of aromatic nitrogens is 12. The Labute approximate surface area is 537 Å². The first-order chi connectivity index (χ1) is 41.8. The summed E-state index contributed by atoms with van der Waals surface area (Å²) in [7, 11) is 0. The zero-order chi connectivity index (χ0) is 62.9. The van der Waals surface area contributed by atoms with Gasteiger partial charge in [-0.1, -0.05) is 125 Å². The van der Waals surface area contributed by atoms with Crippen LogP contribution in [-0.2, 0) is 6.42 Å². The van der Waals surface area contributed by atoms with Crippen LogP contribution in [0.2, 0.25) is 30.1 Å². The molecule has 0 amide bonds. The average molecular weight is 1280 g/mol. The van der Waals surface area contributed by atoms with Crippen LogP contribution in [0.4, 0.5) is 0 Å². The van der Waals surface area contributed by atoms with E-state index in [9.17, 15) is 10.5 Å². The molecule has 0 saturated heterocycles. The Hall–Kier alpha value is -8.04. The van der Waals surface area contributed by atoms with Gasteiger partial charge in [0.1, 0.15) is 0 Å². The third-order valence-electron chi connectivity index (χ3n) is 15.0. The molecule has 0 saturated carbocycles. The van der Waals surface area contributed by atoms with E-state index in [1.165, 1.54) is 40.7 Å². The molecule has 87 heavy (non-hydrogen) atoms. The normalized spacial score (nSPS) is 10.6. The van der Waals surface area contributed by atoms with E-state index in [1.807, 2.05) is 56.3 Å². The Morgan fingerprint density at radius 3 is 1.14 bits per heavy atom. The summed E-state index contributed by atoms with van der Waals surface area (Å²) in [4.78, 5) is 0. The molecule has 3 N–H and O–H groups in total. The van der Waals surface area contributed by atoms with Gasteiger partial charge in [0.05, 0.1) is 29.3 Å². The number of benzene rings is 6. The van der Waals surface area contributed by atoms with Crippen LogP contribution in [0, 0.1) is 89.4 Å². The molecule has 9 rings (SSSR count). The van der Waals surface area contributed by atoms with Crippen LogP contribution in [0.1, 0.15) is 153 Å². The summed E-state index contributed by atoms with van der Waals surface area (Å²) < 4.78 is 0. The van der Waals surface area contributed by atoms with Crippen molar-refractivity contribution >= 4 is 86.3 Å². The van der Waals surface area contributed by atoms with Crippen LogP contribution >= 0.6 is 69.6 Å². The molecule has 0 radical (unpaired) electrons. The number of aryl methyl sites for hydroxylation is 3. The highest BCUT2D eigenvalue weighted by molar-refractivity contribution is 6.34. The van der Waals surface area contributed by atoms with Crippen LogP contribution in [-0.4, -0.2) is 61.9 Å². The van der Waals surface area contributed by atoms with E-state index in [4.69, 9.17) is 74.9 Å². The van der Waals surface area contributed by atoms with E-state index in [0.29, 0.717) is 68.0 Å². The highest BCUT2D eigenvalue weighted by Crippen LogP contribution is 2.39. The number of rotatable bonds is 18. The number of allylic oxidation sites excluding steroid dienone is 3. The molecule has 15 nitrogen and oxygen atoms in total. The number of H-pyrrole nitrogens is 3. The summed E-state index contributed by atoms with van der Waals surface area (Å²) in [6.07, 6.45) is 14.0. The molecule has 3 aromatic heterocycles. The lowest BCUT2D eigenvalue weighted by Crippen LogP contribution is -1.97. The quantitative estimate of drug-likeness (QED) is 0.0681. The minimum absolute atomic E-state index is 0.458. The molecule has 0 aliphatic carbocycles. The van der Waals surface area contributed by atoms with Gasteiger partial charge in [0.25, 0.3) is 0 Å². The Morgan fingerprint density at radius 1 is 0.425 bits per heavy atom. The van der Waals surface area contributed by atoms with Gasteiger partial charge in [-0.05, 0) is 253 Å². The minimum atomic E-state index is 0.458. The van der Waals surface area contributed by atoms with Crippen molar-refractivity contribution in [2.75, 3.05) is 0 Å². The average Bonchev–Trinajstić information content (AvgIpc) is 3.23.